The summed E-state index contributed by atoms with van der Waals surface area (Å²) in [6.07, 6.45) is 13.3. The maximum absolute atomic E-state index is 4.44. The summed E-state index contributed by atoms with van der Waals surface area (Å²) in [6.45, 7) is 12.2. The van der Waals surface area contributed by atoms with Crippen LogP contribution in [-0.2, 0) is 0 Å². The first kappa shape index (κ1) is 13.4. The molecule has 0 aromatic rings. The van der Waals surface area contributed by atoms with Crippen LogP contribution in [0.3, 0.4) is 0 Å². The Kier molecular flexibility index (Phi) is 2.63. The van der Waals surface area contributed by atoms with Gasteiger partial charge in [0.1, 0.15) is 0 Å². The minimum Gasteiger partial charge on any atom is -0.0996 e. The molecule has 0 heteroatoms. The van der Waals surface area contributed by atoms with Gasteiger partial charge < -0.3 is 0 Å². The van der Waals surface area contributed by atoms with E-state index in [0.717, 1.165) is 17.8 Å². The third kappa shape index (κ3) is 1.54. The highest BCUT2D eigenvalue weighted by Crippen LogP contribution is 2.72. The smallest absolute Gasteiger partial charge is 0.0200 e. The lowest BCUT2D eigenvalue weighted by atomic mass is 9.41. The van der Waals surface area contributed by atoms with Gasteiger partial charge in [-0.15, -0.1) is 0 Å². The van der Waals surface area contributed by atoms with Crippen molar-refractivity contribution in [3.05, 3.63) is 12.2 Å². The van der Waals surface area contributed by atoms with Crippen molar-refractivity contribution in [3.8, 4) is 0 Å². The Labute approximate surface area is 125 Å². The van der Waals surface area contributed by atoms with E-state index in [-0.39, 0.29) is 0 Å². The fourth-order valence-corrected chi connectivity index (χ4v) is 7.68. The van der Waals surface area contributed by atoms with E-state index in [1.807, 2.05) is 0 Å². The lowest BCUT2D eigenvalue weighted by Crippen LogP contribution is -2.55. The van der Waals surface area contributed by atoms with Gasteiger partial charge in [0.05, 0.1) is 0 Å². The van der Waals surface area contributed by atoms with E-state index in [0.29, 0.717) is 16.2 Å². The van der Waals surface area contributed by atoms with Crippen molar-refractivity contribution in [2.24, 2.45) is 34.0 Å². The molecule has 4 aliphatic rings. The number of rotatable bonds is 0. The molecule has 4 rings (SSSR count). The molecule has 0 heterocycles. The molecule has 4 fully saturated rings. The Hall–Kier alpha value is -0.260. The van der Waals surface area contributed by atoms with Gasteiger partial charge in [-0.05, 0) is 85.4 Å². The molecule has 1 spiro atoms. The van der Waals surface area contributed by atoms with Crippen LogP contribution in [0.4, 0.5) is 0 Å². The predicted octanol–water partition coefficient (Wildman–Crippen LogP) is 5.98. The zero-order chi connectivity index (χ0) is 14.2. The fourth-order valence-electron chi connectivity index (χ4n) is 7.68. The predicted molar refractivity (Wildman–Crippen MR) is 85.5 cm³/mol. The van der Waals surface area contributed by atoms with Gasteiger partial charge in [-0.1, -0.05) is 39.3 Å². The second kappa shape index (κ2) is 3.93. The molecule has 0 radical (unpaired) electrons. The normalized spacial score (nSPS) is 53.4. The first-order valence-corrected chi connectivity index (χ1v) is 9.05. The Bertz CT molecular complexity index is 445. The largest absolute Gasteiger partial charge is 0.0996 e. The maximum Gasteiger partial charge on any atom is -0.0200 e. The van der Waals surface area contributed by atoms with Crippen LogP contribution in [0.5, 0.6) is 0 Å². The van der Waals surface area contributed by atoms with Gasteiger partial charge in [-0.3, -0.25) is 0 Å². The van der Waals surface area contributed by atoms with Crippen LogP contribution in [0.2, 0.25) is 0 Å². The summed E-state index contributed by atoms with van der Waals surface area (Å²) >= 11 is 0. The minimum absolute atomic E-state index is 0.584. The molecule has 0 amide bonds. The third-order valence-corrected chi connectivity index (χ3v) is 8.36. The average Bonchev–Trinajstić information content (AvgIpc) is 2.58. The highest BCUT2D eigenvalue weighted by Gasteiger charge is 2.62. The third-order valence-electron chi connectivity index (χ3n) is 8.36. The van der Waals surface area contributed by atoms with Crippen molar-refractivity contribution in [2.75, 3.05) is 0 Å². The zero-order valence-corrected chi connectivity index (χ0v) is 13.8. The summed E-state index contributed by atoms with van der Waals surface area (Å²) < 4.78 is 0. The molecule has 0 aromatic carbocycles. The van der Waals surface area contributed by atoms with Crippen molar-refractivity contribution in [1.82, 2.24) is 0 Å². The van der Waals surface area contributed by atoms with Crippen LogP contribution >= 0.6 is 0 Å². The molecular weight excluding hydrogens is 240 g/mol. The van der Waals surface area contributed by atoms with Gasteiger partial charge >= 0.3 is 0 Å². The second-order valence-corrected chi connectivity index (χ2v) is 9.67. The SMILES string of the molecule is C=C1C[C@]23CC[C@@H]4C(C)(C)CCC[C@]4(C)[C@@H]2CC[C@@H]1C3. The Morgan fingerprint density at radius 1 is 0.950 bits per heavy atom. The van der Waals surface area contributed by atoms with Crippen molar-refractivity contribution < 1.29 is 0 Å². The lowest BCUT2D eigenvalue weighted by Gasteiger charge is -2.64. The van der Waals surface area contributed by atoms with Gasteiger partial charge in [0.15, 0.2) is 0 Å². The van der Waals surface area contributed by atoms with Crippen LogP contribution in [0.25, 0.3) is 0 Å². The van der Waals surface area contributed by atoms with Gasteiger partial charge in [0.25, 0.3) is 0 Å². The summed E-state index contributed by atoms with van der Waals surface area (Å²) in [7, 11) is 0. The summed E-state index contributed by atoms with van der Waals surface area (Å²) in [5.74, 6) is 2.87. The number of allylic oxidation sites excluding steroid dienone is 1. The molecule has 4 aliphatic carbocycles. The lowest BCUT2D eigenvalue weighted by molar-refractivity contribution is -0.144. The fraction of sp³-hybridized carbons (Fsp3) is 0.900. The van der Waals surface area contributed by atoms with Crippen molar-refractivity contribution in [3.63, 3.8) is 0 Å². The first-order valence-electron chi connectivity index (χ1n) is 9.05. The molecule has 20 heavy (non-hydrogen) atoms. The topological polar surface area (TPSA) is 0 Å². The Balaban J connectivity index is 1.74. The monoisotopic (exact) mass is 272 g/mol. The molecule has 4 saturated carbocycles. The minimum atomic E-state index is 0.584. The van der Waals surface area contributed by atoms with E-state index >= 15 is 0 Å². The summed E-state index contributed by atoms with van der Waals surface area (Å²) in [5.41, 5.74) is 3.51. The Morgan fingerprint density at radius 2 is 1.75 bits per heavy atom. The van der Waals surface area contributed by atoms with Crippen molar-refractivity contribution >= 4 is 0 Å². The maximum atomic E-state index is 4.44. The quantitative estimate of drug-likeness (QED) is 0.476. The number of hydrogen-bond donors (Lipinski definition) is 0. The van der Waals surface area contributed by atoms with Gasteiger partial charge in [0.2, 0.25) is 0 Å². The van der Waals surface area contributed by atoms with E-state index in [9.17, 15) is 0 Å². The molecule has 2 bridgehead atoms. The van der Waals surface area contributed by atoms with Crippen LogP contribution in [0.15, 0.2) is 12.2 Å². The molecule has 0 saturated heterocycles. The number of fused-ring (bicyclic) bond motifs is 3. The standard InChI is InChI=1S/C20H32/c1-14-12-20-11-8-16-18(2,3)9-5-10-19(16,4)17(20)7-6-15(14)13-20/h15-17H,1,5-13H2,2-4H3/t15-,16-,17+,19+,20+/m1/s1. The van der Waals surface area contributed by atoms with Crippen LogP contribution in [0, 0.1) is 34.0 Å². The molecule has 5 atom stereocenters. The zero-order valence-electron chi connectivity index (χ0n) is 13.8. The molecule has 0 aliphatic heterocycles. The molecule has 0 unspecified atom stereocenters. The first-order chi connectivity index (χ1) is 9.37. The van der Waals surface area contributed by atoms with Crippen molar-refractivity contribution in [2.45, 2.75) is 78.6 Å². The van der Waals surface area contributed by atoms with E-state index in [1.54, 1.807) is 5.57 Å². The Morgan fingerprint density at radius 3 is 2.55 bits per heavy atom. The van der Waals surface area contributed by atoms with E-state index in [4.69, 9.17) is 0 Å². The van der Waals surface area contributed by atoms with Crippen LogP contribution in [0.1, 0.15) is 78.6 Å². The van der Waals surface area contributed by atoms with Crippen LogP contribution in [-0.4, -0.2) is 0 Å². The molecule has 112 valence electrons. The second-order valence-electron chi connectivity index (χ2n) is 9.67. The number of hydrogen-bond acceptors (Lipinski definition) is 0. The van der Waals surface area contributed by atoms with Crippen LogP contribution < -0.4 is 0 Å². The highest BCUT2D eigenvalue weighted by atomic mass is 14.7. The molecule has 0 nitrogen and oxygen atoms in total. The van der Waals surface area contributed by atoms with Gasteiger partial charge in [0, 0.05) is 0 Å². The molecule has 0 aromatic heterocycles. The van der Waals surface area contributed by atoms with E-state index in [2.05, 4.69) is 27.4 Å². The van der Waals surface area contributed by atoms with E-state index < -0.39 is 0 Å². The molecular formula is C20H32. The highest BCUT2D eigenvalue weighted by molar-refractivity contribution is 5.22. The van der Waals surface area contributed by atoms with E-state index in [1.165, 1.54) is 57.8 Å². The molecule has 0 N–H and O–H groups in total. The summed E-state index contributed by atoms with van der Waals surface area (Å²) in [6, 6.07) is 0. The average molecular weight is 272 g/mol. The summed E-state index contributed by atoms with van der Waals surface area (Å²) in [4.78, 5) is 0. The van der Waals surface area contributed by atoms with Gasteiger partial charge in [-0.2, -0.15) is 0 Å². The van der Waals surface area contributed by atoms with Gasteiger partial charge in [-0.25, -0.2) is 0 Å². The van der Waals surface area contributed by atoms with Crippen molar-refractivity contribution in [1.29, 1.82) is 0 Å². The summed E-state index contributed by atoms with van der Waals surface area (Å²) in [5, 5.41) is 0.